The Bertz CT molecular complexity index is 819. The summed E-state index contributed by atoms with van der Waals surface area (Å²) in [5.74, 6) is -0.789. The van der Waals surface area contributed by atoms with Gasteiger partial charge in [-0.2, -0.15) is 0 Å². The highest BCUT2D eigenvalue weighted by Crippen LogP contribution is 2.43. The molecular formula is C39H79NO8P+. The number of rotatable bonds is 37. The Kier molecular flexibility index (Phi) is 32.2. The molecule has 0 aliphatic heterocycles. The van der Waals surface area contributed by atoms with Gasteiger partial charge in [-0.1, -0.05) is 162 Å². The SMILES string of the molecule is CCCCCCCCCCCCCCCCC(=O)OCC(COP(=O)(O)OCC[N+](C)(C)C)OC(=O)CCCCCCCCCCCCC. The van der Waals surface area contributed by atoms with Gasteiger partial charge in [-0.3, -0.25) is 18.6 Å². The predicted octanol–water partition coefficient (Wildman–Crippen LogP) is 10.9. The molecule has 0 radical (unpaired) electrons. The minimum absolute atomic E-state index is 0.0365. The van der Waals surface area contributed by atoms with E-state index in [-0.39, 0.29) is 25.6 Å². The molecule has 0 heterocycles. The van der Waals surface area contributed by atoms with E-state index in [1.807, 2.05) is 21.1 Å². The lowest BCUT2D eigenvalue weighted by Gasteiger charge is -2.24. The number of unbranched alkanes of at least 4 members (excludes halogenated alkanes) is 23. The first-order chi connectivity index (χ1) is 23.5. The third-order valence-electron chi connectivity index (χ3n) is 8.89. The molecule has 9 nitrogen and oxygen atoms in total. The first-order valence-corrected chi connectivity index (χ1v) is 21.8. The van der Waals surface area contributed by atoms with Crippen LogP contribution in [0.1, 0.15) is 187 Å². The number of phosphoric ester groups is 1. The van der Waals surface area contributed by atoms with Crippen LogP contribution in [-0.2, 0) is 32.7 Å². The second kappa shape index (κ2) is 32.9. The molecule has 0 aromatic heterocycles. The molecule has 0 fully saturated rings. The molecule has 0 saturated carbocycles. The van der Waals surface area contributed by atoms with Crippen LogP contribution in [0.25, 0.3) is 0 Å². The molecule has 2 atom stereocenters. The Morgan fingerprint density at radius 3 is 1.31 bits per heavy atom. The smallest absolute Gasteiger partial charge is 0.462 e. The van der Waals surface area contributed by atoms with E-state index in [4.69, 9.17) is 18.5 Å². The molecule has 0 aromatic rings. The van der Waals surface area contributed by atoms with Crippen molar-refractivity contribution < 1.29 is 42.1 Å². The molecule has 292 valence electrons. The average molecular weight is 721 g/mol. The molecule has 0 aromatic carbocycles. The number of esters is 2. The number of ether oxygens (including phenoxy) is 2. The van der Waals surface area contributed by atoms with Crippen molar-refractivity contribution in [1.82, 2.24) is 0 Å². The molecule has 0 amide bonds. The molecule has 0 bridgehead atoms. The van der Waals surface area contributed by atoms with Crippen LogP contribution >= 0.6 is 7.82 Å². The molecule has 0 spiro atoms. The molecule has 0 aliphatic carbocycles. The fourth-order valence-corrected chi connectivity index (χ4v) is 6.40. The number of quaternary nitrogens is 1. The standard InChI is InChI=1S/C39H78NO8P/c1-6-8-10-12-14-16-18-19-20-22-23-25-27-29-31-38(41)45-35-37(36-47-49(43,44)46-34-33-40(3,4)5)48-39(42)32-30-28-26-24-21-17-15-13-11-9-7-2/h37H,6-36H2,1-5H3/p+1. The van der Waals surface area contributed by atoms with E-state index < -0.39 is 26.5 Å². The number of phosphoric acid groups is 1. The van der Waals surface area contributed by atoms with Crippen LogP contribution in [-0.4, -0.2) is 74.9 Å². The van der Waals surface area contributed by atoms with Crippen LogP contribution in [0.2, 0.25) is 0 Å². The molecule has 1 N–H and O–H groups in total. The zero-order valence-electron chi connectivity index (χ0n) is 32.7. The zero-order valence-corrected chi connectivity index (χ0v) is 33.6. The summed E-state index contributed by atoms with van der Waals surface area (Å²) in [6.45, 7) is 4.43. The maximum absolute atomic E-state index is 12.6. The lowest BCUT2D eigenvalue weighted by atomic mass is 10.0. The normalized spacial score (nSPS) is 13.7. The van der Waals surface area contributed by atoms with Crippen LogP contribution in [0.3, 0.4) is 0 Å². The molecule has 10 heteroatoms. The molecule has 0 aliphatic rings. The van der Waals surface area contributed by atoms with Crippen molar-refractivity contribution in [3.05, 3.63) is 0 Å². The lowest BCUT2D eigenvalue weighted by Crippen LogP contribution is -2.37. The van der Waals surface area contributed by atoms with Gasteiger partial charge in [-0.05, 0) is 12.8 Å². The van der Waals surface area contributed by atoms with E-state index in [1.165, 1.54) is 122 Å². The maximum atomic E-state index is 12.6. The summed E-state index contributed by atoms with van der Waals surface area (Å²) in [5.41, 5.74) is 0. The van der Waals surface area contributed by atoms with Crippen molar-refractivity contribution in [1.29, 1.82) is 0 Å². The van der Waals surface area contributed by atoms with Crippen molar-refractivity contribution in [3.8, 4) is 0 Å². The van der Waals surface area contributed by atoms with Gasteiger partial charge in [0.2, 0.25) is 0 Å². The Morgan fingerprint density at radius 1 is 0.551 bits per heavy atom. The van der Waals surface area contributed by atoms with Crippen LogP contribution < -0.4 is 0 Å². The lowest BCUT2D eigenvalue weighted by molar-refractivity contribution is -0.870. The Labute approximate surface area is 302 Å². The highest BCUT2D eigenvalue weighted by atomic mass is 31.2. The third kappa shape index (κ3) is 36.6. The van der Waals surface area contributed by atoms with Gasteiger partial charge in [0.25, 0.3) is 0 Å². The molecular weight excluding hydrogens is 641 g/mol. The second-order valence-electron chi connectivity index (χ2n) is 15.0. The fraction of sp³-hybridized carbons (Fsp3) is 0.949. The zero-order chi connectivity index (χ0) is 36.5. The van der Waals surface area contributed by atoms with Crippen LogP contribution in [0, 0.1) is 0 Å². The van der Waals surface area contributed by atoms with Crippen LogP contribution in [0.15, 0.2) is 0 Å². The summed E-state index contributed by atoms with van der Waals surface area (Å²) in [4.78, 5) is 35.2. The Balaban J connectivity index is 4.36. The van der Waals surface area contributed by atoms with Gasteiger partial charge in [0.05, 0.1) is 27.7 Å². The summed E-state index contributed by atoms with van der Waals surface area (Å²) in [6, 6.07) is 0. The summed E-state index contributed by atoms with van der Waals surface area (Å²) in [5, 5.41) is 0. The number of likely N-dealkylation sites (N-methyl/N-ethyl adjacent to an activating group) is 1. The number of carbonyl (C=O) groups excluding carboxylic acids is 2. The van der Waals surface area contributed by atoms with E-state index >= 15 is 0 Å². The van der Waals surface area contributed by atoms with Gasteiger partial charge in [0.15, 0.2) is 6.10 Å². The van der Waals surface area contributed by atoms with Gasteiger partial charge in [-0.25, -0.2) is 4.57 Å². The number of hydrogen-bond donors (Lipinski definition) is 1. The van der Waals surface area contributed by atoms with E-state index in [1.54, 1.807) is 0 Å². The Morgan fingerprint density at radius 2 is 0.918 bits per heavy atom. The van der Waals surface area contributed by atoms with E-state index in [0.29, 0.717) is 23.9 Å². The van der Waals surface area contributed by atoms with Crippen molar-refractivity contribution in [2.75, 3.05) is 47.5 Å². The third-order valence-corrected chi connectivity index (χ3v) is 9.87. The van der Waals surface area contributed by atoms with Crippen molar-refractivity contribution in [3.63, 3.8) is 0 Å². The van der Waals surface area contributed by atoms with Gasteiger partial charge in [0, 0.05) is 12.8 Å². The molecule has 2 unspecified atom stereocenters. The number of hydrogen-bond acceptors (Lipinski definition) is 7. The number of nitrogens with zero attached hydrogens (tertiary/aromatic N) is 1. The van der Waals surface area contributed by atoms with Gasteiger partial charge in [-0.15, -0.1) is 0 Å². The summed E-state index contributed by atoms with van der Waals surface area (Å²) < 4.78 is 34.2. The van der Waals surface area contributed by atoms with Crippen LogP contribution in [0.4, 0.5) is 0 Å². The first kappa shape index (κ1) is 48.0. The van der Waals surface area contributed by atoms with E-state index in [0.717, 1.165) is 32.1 Å². The van der Waals surface area contributed by atoms with Gasteiger partial charge >= 0.3 is 19.8 Å². The molecule has 49 heavy (non-hydrogen) atoms. The first-order valence-electron chi connectivity index (χ1n) is 20.3. The quantitative estimate of drug-likeness (QED) is 0.0292. The summed E-state index contributed by atoms with van der Waals surface area (Å²) in [6.07, 6.45) is 30.0. The van der Waals surface area contributed by atoms with Gasteiger partial charge < -0.3 is 18.9 Å². The van der Waals surface area contributed by atoms with Crippen molar-refractivity contribution >= 4 is 19.8 Å². The molecule has 0 saturated heterocycles. The number of carbonyl (C=O) groups is 2. The van der Waals surface area contributed by atoms with Gasteiger partial charge in [0.1, 0.15) is 19.8 Å². The largest absolute Gasteiger partial charge is 0.472 e. The minimum atomic E-state index is -4.36. The average Bonchev–Trinajstić information content (AvgIpc) is 3.04. The summed E-state index contributed by atoms with van der Waals surface area (Å²) in [7, 11) is 1.49. The maximum Gasteiger partial charge on any atom is 0.472 e. The van der Waals surface area contributed by atoms with E-state index in [2.05, 4.69) is 13.8 Å². The minimum Gasteiger partial charge on any atom is -0.462 e. The fourth-order valence-electron chi connectivity index (χ4n) is 5.66. The van der Waals surface area contributed by atoms with Crippen molar-refractivity contribution in [2.45, 2.75) is 193 Å². The molecule has 0 rings (SSSR count). The second-order valence-corrected chi connectivity index (χ2v) is 16.5. The highest BCUT2D eigenvalue weighted by molar-refractivity contribution is 7.47. The Hall–Kier alpha value is -0.990. The topological polar surface area (TPSA) is 108 Å². The van der Waals surface area contributed by atoms with E-state index in [9.17, 15) is 19.0 Å². The van der Waals surface area contributed by atoms with Crippen LogP contribution in [0.5, 0.6) is 0 Å². The highest BCUT2D eigenvalue weighted by Gasteiger charge is 2.27. The predicted molar refractivity (Wildman–Crippen MR) is 201 cm³/mol. The summed E-state index contributed by atoms with van der Waals surface area (Å²) >= 11 is 0. The monoisotopic (exact) mass is 721 g/mol. The van der Waals surface area contributed by atoms with Crippen molar-refractivity contribution in [2.24, 2.45) is 0 Å².